The fourth-order valence-corrected chi connectivity index (χ4v) is 1.76. The molecule has 4 heteroatoms. The number of amides is 1. The third kappa shape index (κ3) is 4.50. The van der Waals surface area contributed by atoms with E-state index in [4.69, 9.17) is 5.73 Å². The van der Waals surface area contributed by atoms with Gasteiger partial charge in [0.25, 0.3) is 0 Å². The summed E-state index contributed by atoms with van der Waals surface area (Å²) in [5, 5.41) is 9.33. The number of carbonyl (C=O) groups excluding carboxylic acids is 1. The molecule has 0 aliphatic carbocycles. The highest BCUT2D eigenvalue weighted by molar-refractivity contribution is 5.76. The van der Waals surface area contributed by atoms with Gasteiger partial charge in [0.2, 0.25) is 5.91 Å². The minimum atomic E-state index is 0.0476. The van der Waals surface area contributed by atoms with Crippen LogP contribution in [0.3, 0.4) is 0 Å². The maximum absolute atomic E-state index is 12.0. The number of nitrogens with two attached hydrogens (primary N) is 1. The van der Waals surface area contributed by atoms with Gasteiger partial charge in [-0.05, 0) is 24.1 Å². The lowest BCUT2D eigenvalue weighted by Crippen LogP contribution is -2.31. The van der Waals surface area contributed by atoms with E-state index in [0.717, 1.165) is 5.56 Å². The van der Waals surface area contributed by atoms with Crippen LogP contribution in [0.2, 0.25) is 0 Å². The lowest BCUT2D eigenvalue weighted by atomic mass is 10.1. The molecule has 0 atom stereocenters. The van der Waals surface area contributed by atoms with Crippen molar-refractivity contribution in [3.63, 3.8) is 0 Å². The monoisotopic (exact) mass is 260 g/mol. The van der Waals surface area contributed by atoms with Gasteiger partial charge in [0.1, 0.15) is 5.75 Å². The SMILES string of the molecule is C=CCN(CC=C)C(=O)CCc1ccc(O)c(N)c1. The smallest absolute Gasteiger partial charge is 0.223 e. The molecule has 0 aromatic heterocycles. The fraction of sp³-hybridized carbons (Fsp3) is 0.267. The van der Waals surface area contributed by atoms with Gasteiger partial charge in [0.15, 0.2) is 0 Å². The minimum absolute atomic E-state index is 0.0476. The predicted molar refractivity (Wildman–Crippen MR) is 77.8 cm³/mol. The van der Waals surface area contributed by atoms with Crippen molar-refractivity contribution in [3.05, 3.63) is 49.1 Å². The van der Waals surface area contributed by atoms with Gasteiger partial charge < -0.3 is 15.7 Å². The number of benzene rings is 1. The molecule has 102 valence electrons. The summed E-state index contributed by atoms with van der Waals surface area (Å²) in [7, 11) is 0. The molecule has 0 spiro atoms. The molecule has 1 aromatic rings. The Bertz CT molecular complexity index is 459. The molecule has 4 nitrogen and oxygen atoms in total. The Morgan fingerprint density at radius 1 is 1.32 bits per heavy atom. The number of phenolic OH excluding ortho intramolecular Hbond substituents is 1. The van der Waals surface area contributed by atoms with E-state index in [1.807, 2.05) is 0 Å². The van der Waals surface area contributed by atoms with E-state index in [1.165, 1.54) is 0 Å². The number of hydrogen-bond donors (Lipinski definition) is 2. The highest BCUT2D eigenvalue weighted by Crippen LogP contribution is 2.21. The lowest BCUT2D eigenvalue weighted by molar-refractivity contribution is -0.130. The summed E-state index contributed by atoms with van der Waals surface area (Å²) in [4.78, 5) is 13.7. The van der Waals surface area contributed by atoms with Gasteiger partial charge in [-0.3, -0.25) is 4.79 Å². The Morgan fingerprint density at radius 2 is 1.95 bits per heavy atom. The number of nitrogens with zero attached hydrogens (tertiary/aromatic N) is 1. The van der Waals surface area contributed by atoms with Crippen molar-refractivity contribution >= 4 is 11.6 Å². The van der Waals surface area contributed by atoms with Gasteiger partial charge in [-0.15, -0.1) is 13.2 Å². The predicted octanol–water partition coefficient (Wildman–Crippen LogP) is 2.11. The highest BCUT2D eigenvalue weighted by atomic mass is 16.3. The average molecular weight is 260 g/mol. The summed E-state index contributed by atoms with van der Waals surface area (Å²) >= 11 is 0. The van der Waals surface area contributed by atoms with Gasteiger partial charge in [0, 0.05) is 19.5 Å². The molecule has 1 aromatic carbocycles. The van der Waals surface area contributed by atoms with Crippen molar-refractivity contribution in [3.8, 4) is 5.75 Å². The van der Waals surface area contributed by atoms with Crippen molar-refractivity contribution in [2.75, 3.05) is 18.8 Å². The summed E-state index contributed by atoms with van der Waals surface area (Å²) in [5.74, 6) is 0.112. The molecule has 0 saturated carbocycles. The van der Waals surface area contributed by atoms with Crippen molar-refractivity contribution in [2.45, 2.75) is 12.8 Å². The highest BCUT2D eigenvalue weighted by Gasteiger charge is 2.10. The number of phenols is 1. The van der Waals surface area contributed by atoms with Gasteiger partial charge >= 0.3 is 0 Å². The Labute approximate surface area is 113 Å². The average Bonchev–Trinajstić information content (AvgIpc) is 2.39. The molecule has 3 N–H and O–H groups in total. The first-order valence-corrected chi connectivity index (χ1v) is 6.15. The number of carbonyl (C=O) groups is 1. The topological polar surface area (TPSA) is 66.6 Å². The first-order valence-electron chi connectivity index (χ1n) is 6.15. The summed E-state index contributed by atoms with van der Waals surface area (Å²) in [5.41, 5.74) is 6.87. The molecule has 19 heavy (non-hydrogen) atoms. The van der Waals surface area contributed by atoms with Gasteiger partial charge in [-0.25, -0.2) is 0 Å². The van der Waals surface area contributed by atoms with Crippen LogP contribution in [-0.2, 0) is 11.2 Å². The Kier molecular flexibility index (Phi) is 5.67. The molecule has 1 amide bonds. The van der Waals surface area contributed by atoms with Gasteiger partial charge in [-0.1, -0.05) is 18.2 Å². The maximum atomic E-state index is 12.0. The molecule has 0 aliphatic heterocycles. The number of hydrogen-bond acceptors (Lipinski definition) is 3. The van der Waals surface area contributed by atoms with E-state index in [9.17, 15) is 9.90 Å². The molecule has 0 saturated heterocycles. The van der Waals surface area contributed by atoms with Crippen LogP contribution >= 0.6 is 0 Å². The number of aromatic hydroxyl groups is 1. The quantitative estimate of drug-likeness (QED) is 0.448. The minimum Gasteiger partial charge on any atom is -0.506 e. The van der Waals surface area contributed by atoms with Crippen LogP contribution in [-0.4, -0.2) is 29.0 Å². The zero-order valence-electron chi connectivity index (χ0n) is 11.0. The molecule has 1 rings (SSSR count). The van der Waals surface area contributed by atoms with Gasteiger partial charge in [-0.2, -0.15) is 0 Å². The van der Waals surface area contributed by atoms with Crippen LogP contribution in [0, 0.1) is 0 Å². The molecular weight excluding hydrogens is 240 g/mol. The second-order valence-electron chi connectivity index (χ2n) is 4.27. The van der Waals surface area contributed by atoms with Gasteiger partial charge in [0.05, 0.1) is 5.69 Å². The summed E-state index contributed by atoms with van der Waals surface area (Å²) in [6.07, 6.45) is 4.37. The summed E-state index contributed by atoms with van der Waals surface area (Å²) < 4.78 is 0. The molecular formula is C15H20N2O2. The van der Waals surface area contributed by atoms with Crippen LogP contribution in [0.4, 0.5) is 5.69 Å². The zero-order valence-corrected chi connectivity index (χ0v) is 11.0. The molecule has 0 unspecified atom stereocenters. The molecule has 0 fully saturated rings. The normalized spacial score (nSPS) is 9.89. The summed E-state index contributed by atoms with van der Waals surface area (Å²) in [6, 6.07) is 5.00. The number of anilines is 1. The Morgan fingerprint density at radius 3 is 2.47 bits per heavy atom. The number of rotatable bonds is 7. The van der Waals surface area contributed by atoms with Crippen LogP contribution in [0.15, 0.2) is 43.5 Å². The van der Waals surface area contributed by atoms with E-state index in [2.05, 4.69) is 13.2 Å². The van der Waals surface area contributed by atoms with E-state index in [0.29, 0.717) is 31.6 Å². The van der Waals surface area contributed by atoms with Crippen molar-refractivity contribution < 1.29 is 9.90 Å². The van der Waals surface area contributed by atoms with E-state index in [-0.39, 0.29) is 11.7 Å². The third-order valence-electron chi connectivity index (χ3n) is 2.77. The van der Waals surface area contributed by atoms with Crippen LogP contribution in [0.1, 0.15) is 12.0 Å². The maximum Gasteiger partial charge on any atom is 0.223 e. The molecule has 0 aliphatic rings. The molecule has 0 radical (unpaired) electrons. The van der Waals surface area contributed by atoms with E-state index >= 15 is 0 Å². The Hall–Kier alpha value is -2.23. The summed E-state index contributed by atoms with van der Waals surface area (Å²) in [6.45, 7) is 8.30. The van der Waals surface area contributed by atoms with Crippen LogP contribution < -0.4 is 5.73 Å². The second kappa shape index (κ2) is 7.26. The third-order valence-corrected chi connectivity index (χ3v) is 2.77. The second-order valence-corrected chi connectivity index (χ2v) is 4.27. The van der Waals surface area contributed by atoms with Crippen molar-refractivity contribution in [1.29, 1.82) is 0 Å². The van der Waals surface area contributed by atoms with Crippen LogP contribution in [0.5, 0.6) is 5.75 Å². The number of nitrogen functional groups attached to an aromatic ring is 1. The lowest BCUT2D eigenvalue weighted by Gasteiger charge is -2.19. The fourth-order valence-electron chi connectivity index (χ4n) is 1.76. The first kappa shape index (κ1) is 14.8. The Balaban J connectivity index is 2.58. The standard InChI is InChI=1S/C15H20N2O2/c1-3-9-17(10-4-2)15(19)8-6-12-5-7-14(18)13(16)11-12/h3-5,7,11,18H,1-2,6,8-10,16H2. The molecule has 0 heterocycles. The van der Waals surface area contributed by atoms with E-state index < -0.39 is 0 Å². The number of aryl methyl sites for hydroxylation is 1. The largest absolute Gasteiger partial charge is 0.506 e. The van der Waals surface area contributed by atoms with Crippen LogP contribution in [0.25, 0.3) is 0 Å². The van der Waals surface area contributed by atoms with Crippen molar-refractivity contribution in [2.24, 2.45) is 0 Å². The molecule has 0 bridgehead atoms. The van der Waals surface area contributed by atoms with E-state index in [1.54, 1.807) is 35.3 Å². The zero-order chi connectivity index (χ0) is 14.3. The first-order chi connectivity index (χ1) is 9.08. The van der Waals surface area contributed by atoms with Crippen molar-refractivity contribution in [1.82, 2.24) is 4.90 Å².